The Bertz CT molecular complexity index is 887. The SMILES string of the molecule is O=C1OC(c2ccccc2)C(O)(c2ccccc2)N1Cc1cccnc1. The van der Waals surface area contributed by atoms with Gasteiger partial charge in [0.1, 0.15) is 0 Å². The topological polar surface area (TPSA) is 62.7 Å². The summed E-state index contributed by atoms with van der Waals surface area (Å²) < 4.78 is 5.62. The van der Waals surface area contributed by atoms with Crippen LogP contribution in [0.3, 0.4) is 0 Å². The second-order valence-corrected chi connectivity index (χ2v) is 6.21. The maximum absolute atomic E-state index is 12.7. The Morgan fingerprint density at radius 3 is 2.35 bits per heavy atom. The third kappa shape index (κ3) is 2.72. The largest absolute Gasteiger partial charge is 0.436 e. The van der Waals surface area contributed by atoms with Crippen molar-refractivity contribution in [3.63, 3.8) is 0 Å². The molecular weight excluding hydrogens is 328 g/mol. The number of carbonyl (C=O) groups excluding carboxylic acids is 1. The van der Waals surface area contributed by atoms with Gasteiger partial charge in [-0.1, -0.05) is 66.7 Å². The summed E-state index contributed by atoms with van der Waals surface area (Å²) in [5, 5.41) is 11.7. The van der Waals surface area contributed by atoms with Crippen LogP contribution in [-0.4, -0.2) is 21.1 Å². The van der Waals surface area contributed by atoms with Crippen molar-refractivity contribution < 1.29 is 14.6 Å². The quantitative estimate of drug-likeness (QED) is 0.784. The summed E-state index contributed by atoms with van der Waals surface area (Å²) in [5.74, 6) is 0. The van der Waals surface area contributed by atoms with Gasteiger partial charge in [0.15, 0.2) is 6.10 Å². The summed E-state index contributed by atoms with van der Waals surface area (Å²) in [6, 6.07) is 22.1. The molecule has 4 rings (SSSR count). The van der Waals surface area contributed by atoms with Crippen LogP contribution in [0.4, 0.5) is 4.79 Å². The van der Waals surface area contributed by atoms with Crippen molar-refractivity contribution in [2.24, 2.45) is 0 Å². The fraction of sp³-hybridized carbons (Fsp3) is 0.143. The molecule has 0 saturated carbocycles. The highest BCUT2D eigenvalue weighted by atomic mass is 16.6. The summed E-state index contributed by atoms with van der Waals surface area (Å²) in [4.78, 5) is 18.1. The van der Waals surface area contributed by atoms with Crippen LogP contribution in [0.2, 0.25) is 0 Å². The Morgan fingerprint density at radius 1 is 1.00 bits per heavy atom. The zero-order valence-electron chi connectivity index (χ0n) is 14.0. The number of hydrogen-bond acceptors (Lipinski definition) is 4. The molecule has 1 saturated heterocycles. The molecule has 1 fully saturated rings. The number of cyclic esters (lactones) is 1. The van der Waals surface area contributed by atoms with Crippen molar-refractivity contribution in [3.05, 3.63) is 102 Å². The average Bonchev–Trinajstić information content (AvgIpc) is 2.96. The van der Waals surface area contributed by atoms with Crippen LogP contribution >= 0.6 is 0 Å². The normalized spacial score (nSPS) is 22.3. The number of hydrogen-bond donors (Lipinski definition) is 1. The zero-order chi connectivity index (χ0) is 18.0. The van der Waals surface area contributed by atoms with Gasteiger partial charge in [0.05, 0.1) is 6.54 Å². The van der Waals surface area contributed by atoms with Crippen LogP contribution in [0.1, 0.15) is 22.8 Å². The minimum atomic E-state index is -1.62. The number of nitrogens with zero attached hydrogens (tertiary/aromatic N) is 2. The van der Waals surface area contributed by atoms with E-state index in [9.17, 15) is 9.90 Å². The molecule has 5 heteroatoms. The minimum absolute atomic E-state index is 0.196. The summed E-state index contributed by atoms with van der Waals surface area (Å²) in [5.41, 5.74) is 0.534. The van der Waals surface area contributed by atoms with Crippen LogP contribution in [0.5, 0.6) is 0 Å². The number of ether oxygens (including phenoxy) is 1. The molecule has 2 aromatic carbocycles. The maximum Gasteiger partial charge on any atom is 0.413 e. The van der Waals surface area contributed by atoms with Crippen LogP contribution in [0.15, 0.2) is 85.2 Å². The van der Waals surface area contributed by atoms with Crippen molar-refractivity contribution in [2.75, 3.05) is 0 Å². The Kier molecular flexibility index (Phi) is 4.14. The fourth-order valence-electron chi connectivity index (χ4n) is 3.31. The van der Waals surface area contributed by atoms with E-state index in [-0.39, 0.29) is 6.54 Å². The molecule has 2 atom stereocenters. The fourth-order valence-corrected chi connectivity index (χ4v) is 3.31. The van der Waals surface area contributed by atoms with E-state index >= 15 is 0 Å². The van der Waals surface area contributed by atoms with Crippen molar-refractivity contribution in [1.82, 2.24) is 9.88 Å². The number of aliphatic hydroxyl groups is 1. The summed E-state index contributed by atoms with van der Waals surface area (Å²) in [6.07, 6.45) is 1.96. The maximum atomic E-state index is 12.7. The summed E-state index contributed by atoms with van der Waals surface area (Å²) in [7, 11) is 0. The smallest absolute Gasteiger partial charge is 0.413 e. The second kappa shape index (κ2) is 6.61. The number of rotatable bonds is 4. The number of amides is 1. The molecular formula is C21H18N2O3. The molecule has 0 bridgehead atoms. The van der Waals surface area contributed by atoms with Gasteiger partial charge in [-0.25, -0.2) is 4.79 Å². The minimum Gasteiger partial charge on any atom is -0.436 e. The molecule has 1 aliphatic heterocycles. The van der Waals surface area contributed by atoms with E-state index in [0.29, 0.717) is 5.56 Å². The predicted molar refractivity (Wildman–Crippen MR) is 95.8 cm³/mol. The first-order valence-electron chi connectivity index (χ1n) is 8.39. The van der Waals surface area contributed by atoms with Crippen molar-refractivity contribution >= 4 is 6.09 Å². The third-order valence-electron chi connectivity index (χ3n) is 4.58. The standard InChI is InChI=1S/C21H18N2O3/c24-20-23(15-16-8-7-13-22-14-16)21(25,18-11-5-2-6-12-18)19(26-20)17-9-3-1-4-10-17/h1-14,19,25H,15H2. The van der Waals surface area contributed by atoms with Crippen LogP contribution < -0.4 is 0 Å². The molecule has 130 valence electrons. The molecule has 0 radical (unpaired) electrons. The third-order valence-corrected chi connectivity index (χ3v) is 4.58. The van der Waals surface area contributed by atoms with Gasteiger partial charge in [0.2, 0.25) is 5.72 Å². The highest BCUT2D eigenvalue weighted by Gasteiger charge is 2.55. The molecule has 0 spiro atoms. The van der Waals surface area contributed by atoms with E-state index < -0.39 is 17.9 Å². The van der Waals surface area contributed by atoms with Gasteiger partial charge in [0.25, 0.3) is 0 Å². The molecule has 0 aliphatic carbocycles. The summed E-state index contributed by atoms with van der Waals surface area (Å²) >= 11 is 0. The molecule has 1 N–H and O–H groups in total. The Hall–Kier alpha value is -3.18. The molecule has 1 aliphatic rings. The van der Waals surface area contributed by atoms with Gasteiger partial charge in [-0.2, -0.15) is 0 Å². The zero-order valence-corrected chi connectivity index (χ0v) is 14.0. The van der Waals surface area contributed by atoms with Crippen molar-refractivity contribution in [2.45, 2.75) is 18.4 Å². The highest BCUT2D eigenvalue weighted by molar-refractivity contribution is 5.72. The monoisotopic (exact) mass is 346 g/mol. The summed E-state index contributed by atoms with van der Waals surface area (Å²) in [6.45, 7) is 0.196. The molecule has 1 aromatic heterocycles. The first kappa shape index (κ1) is 16.3. The lowest BCUT2D eigenvalue weighted by Crippen LogP contribution is -2.45. The van der Waals surface area contributed by atoms with E-state index in [4.69, 9.17) is 4.74 Å². The molecule has 26 heavy (non-hydrogen) atoms. The van der Waals surface area contributed by atoms with Crippen LogP contribution in [0.25, 0.3) is 0 Å². The first-order valence-corrected chi connectivity index (χ1v) is 8.39. The number of pyridine rings is 1. The molecule has 5 nitrogen and oxygen atoms in total. The van der Waals surface area contributed by atoms with E-state index in [1.165, 1.54) is 4.90 Å². The van der Waals surface area contributed by atoms with Gasteiger partial charge in [-0.05, 0) is 17.2 Å². The van der Waals surface area contributed by atoms with Crippen LogP contribution in [-0.2, 0) is 17.0 Å². The number of carbonyl (C=O) groups is 1. The molecule has 3 aromatic rings. The Morgan fingerprint density at radius 2 is 1.69 bits per heavy atom. The molecule has 2 heterocycles. The number of benzene rings is 2. The van der Waals surface area contributed by atoms with Crippen molar-refractivity contribution in [3.8, 4) is 0 Å². The lowest BCUT2D eigenvalue weighted by Gasteiger charge is -2.34. The van der Waals surface area contributed by atoms with E-state index in [0.717, 1.165) is 11.1 Å². The van der Waals surface area contributed by atoms with E-state index in [1.54, 1.807) is 30.6 Å². The van der Waals surface area contributed by atoms with Gasteiger partial charge in [-0.15, -0.1) is 0 Å². The second-order valence-electron chi connectivity index (χ2n) is 6.21. The first-order chi connectivity index (χ1) is 12.7. The van der Waals surface area contributed by atoms with Gasteiger partial charge >= 0.3 is 6.09 Å². The lowest BCUT2D eigenvalue weighted by molar-refractivity contribution is -0.113. The van der Waals surface area contributed by atoms with Crippen molar-refractivity contribution in [1.29, 1.82) is 0 Å². The van der Waals surface area contributed by atoms with Gasteiger partial charge in [0, 0.05) is 18.0 Å². The lowest BCUT2D eigenvalue weighted by atomic mass is 9.91. The molecule has 1 amide bonds. The van der Waals surface area contributed by atoms with E-state index in [1.807, 2.05) is 54.6 Å². The Balaban J connectivity index is 1.81. The van der Waals surface area contributed by atoms with Gasteiger partial charge in [-0.3, -0.25) is 9.88 Å². The van der Waals surface area contributed by atoms with Gasteiger partial charge < -0.3 is 9.84 Å². The number of aromatic nitrogens is 1. The highest BCUT2D eigenvalue weighted by Crippen LogP contribution is 2.47. The molecule has 2 unspecified atom stereocenters. The van der Waals surface area contributed by atoms with E-state index in [2.05, 4.69) is 4.98 Å². The Labute approximate surface area is 151 Å². The average molecular weight is 346 g/mol. The van der Waals surface area contributed by atoms with Crippen LogP contribution in [0, 0.1) is 0 Å². The predicted octanol–water partition coefficient (Wildman–Crippen LogP) is 3.62.